The lowest BCUT2D eigenvalue weighted by Crippen LogP contribution is -2.33. The molecule has 1 fully saturated rings. The normalized spacial score (nSPS) is 27.1. The standard InChI is InChI=1S/C17H31N3/c1-5-18-10-15-8-7-14(13(3)4)9-17(15)16-11-19-20(6-2)12-16/h11-15,17-18H,5-10H2,1-4H3. The molecule has 3 unspecified atom stereocenters. The lowest BCUT2D eigenvalue weighted by atomic mass is 9.68. The van der Waals surface area contributed by atoms with E-state index in [1.807, 2.05) is 0 Å². The lowest BCUT2D eigenvalue weighted by Gasteiger charge is -2.37. The van der Waals surface area contributed by atoms with Crippen molar-refractivity contribution in [3.63, 3.8) is 0 Å². The third-order valence-electron chi connectivity index (χ3n) is 5.04. The molecule has 0 aliphatic heterocycles. The van der Waals surface area contributed by atoms with Crippen molar-refractivity contribution in [3.05, 3.63) is 18.0 Å². The first-order valence-electron chi connectivity index (χ1n) is 8.38. The number of aromatic nitrogens is 2. The van der Waals surface area contributed by atoms with Crippen LogP contribution in [0.25, 0.3) is 0 Å². The second-order valence-electron chi connectivity index (χ2n) is 6.62. The minimum absolute atomic E-state index is 0.690. The Morgan fingerprint density at radius 3 is 2.75 bits per heavy atom. The van der Waals surface area contributed by atoms with Crippen LogP contribution in [-0.2, 0) is 6.54 Å². The van der Waals surface area contributed by atoms with E-state index < -0.39 is 0 Å². The molecule has 2 rings (SSSR count). The average molecular weight is 277 g/mol. The first-order valence-corrected chi connectivity index (χ1v) is 8.38. The van der Waals surface area contributed by atoms with E-state index in [2.05, 4.69) is 55.2 Å². The zero-order valence-corrected chi connectivity index (χ0v) is 13.6. The third kappa shape index (κ3) is 3.63. The predicted octanol–water partition coefficient (Wildman–Crippen LogP) is 3.67. The van der Waals surface area contributed by atoms with Gasteiger partial charge in [0.25, 0.3) is 0 Å². The number of nitrogens with zero attached hydrogens (tertiary/aromatic N) is 2. The molecule has 1 N–H and O–H groups in total. The molecule has 1 aromatic heterocycles. The summed E-state index contributed by atoms with van der Waals surface area (Å²) in [6, 6.07) is 0. The van der Waals surface area contributed by atoms with Crippen molar-refractivity contribution in [2.24, 2.45) is 17.8 Å². The van der Waals surface area contributed by atoms with Crippen LogP contribution in [0.3, 0.4) is 0 Å². The molecule has 0 spiro atoms. The van der Waals surface area contributed by atoms with Gasteiger partial charge in [0.05, 0.1) is 6.20 Å². The molecule has 0 radical (unpaired) electrons. The van der Waals surface area contributed by atoms with Crippen LogP contribution in [0.15, 0.2) is 12.4 Å². The fraction of sp³-hybridized carbons (Fsp3) is 0.824. The minimum Gasteiger partial charge on any atom is -0.317 e. The third-order valence-corrected chi connectivity index (χ3v) is 5.04. The Bertz CT molecular complexity index is 397. The molecular formula is C17H31N3. The smallest absolute Gasteiger partial charge is 0.0524 e. The Morgan fingerprint density at radius 1 is 1.35 bits per heavy atom. The highest BCUT2D eigenvalue weighted by Crippen LogP contribution is 2.42. The van der Waals surface area contributed by atoms with E-state index in [1.54, 1.807) is 0 Å². The van der Waals surface area contributed by atoms with Gasteiger partial charge < -0.3 is 5.32 Å². The lowest BCUT2D eigenvalue weighted by molar-refractivity contribution is 0.191. The maximum atomic E-state index is 4.49. The quantitative estimate of drug-likeness (QED) is 0.860. The molecule has 3 nitrogen and oxygen atoms in total. The summed E-state index contributed by atoms with van der Waals surface area (Å²) in [4.78, 5) is 0. The summed E-state index contributed by atoms with van der Waals surface area (Å²) >= 11 is 0. The monoisotopic (exact) mass is 277 g/mol. The van der Waals surface area contributed by atoms with Crippen LogP contribution in [0.5, 0.6) is 0 Å². The molecule has 3 heteroatoms. The summed E-state index contributed by atoms with van der Waals surface area (Å²) < 4.78 is 2.07. The molecule has 3 atom stereocenters. The largest absolute Gasteiger partial charge is 0.317 e. The van der Waals surface area contributed by atoms with Gasteiger partial charge >= 0.3 is 0 Å². The van der Waals surface area contributed by atoms with E-state index in [9.17, 15) is 0 Å². The number of rotatable bonds is 6. The summed E-state index contributed by atoms with van der Waals surface area (Å²) in [6.07, 6.45) is 8.47. The Morgan fingerprint density at radius 2 is 2.15 bits per heavy atom. The highest BCUT2D eigenvalue weighted by atomic mass is 15.3. The van der Waals surface area contributed by atoms with Gasteiger partial charge in [0, 0.05) is 12.7 Å². The van der Waals surface area contributed by atoms with Crippen LogP contribution in [0.1, 0.15) is 58.4 Å². The fourth-order valence-corrected chi connectivity index (χ4v) is 3.60. The van der Waals surface area contributed by atoms with Crippen LogP contribution in [-0.4, -0.2) is 22.9 Å². The van der Waals surface area contributed by atoms with Crippen molar-refractivity contribution < 1.29 is 0 Å². The van der Waals surface area contributed by atoms with Crippen LogP contribution >= 0.6 is 0 Å². The van der Waals surface area contributed by atoms with Gasteiger partial charge in [0.15, 0.2) is 0 Å². The molecule has 0 saturated heterocycles. The van der Waals surface area contributed by atoms with Gasteiger partial charge in [-0.25, -0.2) is 0 Å². The molecule has 20 heavy (non-hydrogen) atoms. The van der Waals surface area contributed by atoms with Gasteiger partial charge in [-0.15, -0.1) is 0 Å². The number of hydrogen-bond acceptors (Lipinski definition) is 2. The molecule has 0 bridgehead atoms. The van der Waals surface area contributed by atoms with E-state index in [-0.39, 0.29) is 0 Å². The highest BCUT2D eigenvalue weighted by Gasteiger charge is 2.33. The summed E-state index contributed by atoms with van der Waals surface area (Å²) in [5.74, 6) is 3.15. The number of nitrogens with one attached hydrogen (secondary N) is 1. The van der Waals surface area contributed by atoms with Crippen molar-refractivity contribution in [1.29, 1.82) is 0 Å². The summed E-state index contributed by atoms with van der Waals surface area (Å²) in [7, 11) is 0. The minimum atomic E-state index is 0.690. The van der Waals surface area contributed by atoms with Crippen LogP contribution in [0, 0.1) is 17.8 Å². The zero-order chi connectivity index (χ0) is 14.5. The van der Waals surface area contributed by atoms with Crippen LogP contribution in [0.2, 0.25) is 0 Å². The van der Waals surface area contributed by atoms with Gasteiger partial charge in [-0.2, -0.15) is 5.10 Å². The van der Waals surface area contributed by atoms with Gasteiger partial charge in [0.1, 0.15) is 0 Å². The highest BCUT2D eigenvalue weighted by molar-refractivity contribution is 5.14. The summed E-state index contributed by atoms with van der Waals surface area (Å²) in [5.41, 5.74) is 1.46. The van der Waals surface area contributed by atoms with Crippen LogP contribution in [0.4, 0.5) is 0 Å². The zero-order valence-electron chi connectivity index (χ0n) is 13.6. The predicted molar refractivity (Wildman–Crippen MR) is 84.9 cm³/mol. The maximum absolute atomic E-state index is 4.49. The molecule has 1 aliphatic carbocycles. The van der Waals surface area contributed by atoms with E-state index in [1.165, 1.54) is 24.8 Å². The van der Waals surface area contributed by atoms with E-state index in [4.69, 9.17) is 0 Å². The van der Waals surface area contributed by atoms with Gasteiger partial charge in [-0.05, 0) is 68.5 Å². The first-order chi connectivity index (χ1) is 9.65. The first kappa shape index (κ1) is 15.6. The Kier molecular flexibility index (Phi) is 5.64. The van der Waals surface area contributed by atoms with Crippen molar-refractivity contribution in [2.45, 2.75) is 59.4 Å². The van der Waals surface area contributed by atoms with Crippen molar-refractivity contribution >= 4 is 0 Å². The Labute approximate surface area is 124 Å². The summed E-state index contributed by atoms with van der Waals surface area (Å²) in [6.45, 7) is 12.3. The summed E-state index contributed by atoms with van der Waals surface area (Å²) in [5, 5.41) is 8.05. The Hall–Kier alpha value is -0.830. The molecule has 0 amide bonds. The molecule has 1 saturated carbocycles. The molecule has 0 aromatic carbocycles. The maximum Gasteiger partial charge on any atom is 0.0524 e. The van der Waals surface area contributed by atoms with Crippen molar-refractivity contribution in [2.75, 3.05) is 13.1 Å². The molecule has 1 aliphatic rings. The number of aryl methyl sites for hydroxylation is 1. The van der Waals surface area contributed by atoms with Crippen LogP contribution < -0.4 is 5.32 Å². The van der Waals surface area contributed by atoms with E-state index in [0.29, 0.717) is 5.92 Å². The van der Waals surface area contributed by atoms with Gasteiger partial charge in [-0.1, -0.05) is 20.8 Å². The second-order valence-corrected chi connectivity index (χ2v) is 6.62. The molecule has 1 heterocycles. The average Bonchev–Trinajstić information content (AvgIpc) is 2.93. The van der Waals surface area contributed by atoms with Gasteiger partial charge in [0.2, 0.25) is 0 Å². The van der Waals surface area contributed by atoms with Crippen molar-refractivity contribution in [3.8, 4) is 0 Å². The second kappa shape index (κ2) is 7.26. The van der Waals surface area contributed by atoms with Gasteiger partial charge in [-0.3, -0.25) is 4.68 Å². The molecular weight excluding hydrogens is 246 g/mol. The van der Waals surface area contributed by atoms with Crippen molar-refractivity contribution in [1.82, 2.24) is 15.1 Å². The topological polar surface area (TPSA) is 29.9 Å². The molecule has 1 aromatic rings. The fourth-order valence-electron chi connectivity index (χ4n) is 3.60. The van der Waals surface area contributed by atoms with E-state index >= 15 is 0 Å². The molecule has 114 valence electrons. The Balaban J connectivity index is 2.12. The SMILES string of the molecule is CCNCC1CCC(C(C)C)CC1c1cnn(CC)c1. The number of hydrogen-bond donors (Lipinski definition) is 1. The van der Waals surface area contributed by atoms with E-state index in [0.717, 1.165) is 37.4 Å².